The first-order chi connectivity index (χ1) is 8.51. The van der Waals surface area contributed by atoms with Crippen molar-refractivity contribution >= 4 is 11.6 Å². The summed E-state index contributed by atoms with van der Waals surface area (Å²) >= 11 is 0. The van der Waals surface area contributed by atoms with E-state index in [4.69, 9.17) is 10.6 Å². The maximum Gasteiger partial charge on any atom is 0.254 e. The Bertz CT molecular complexity index is 421. The predicted molar refractivity (Wildman–Crippen MR) is 72.4 cm³/mol. The number of nitrogen functional groups attached to an aromatic ring is 1. The third kappa shape index (κ3) is 3.21. The van der Waals surface area contributed by atoms with E-state index >= 15 is 0 Å². The lowest BCUT2D eigenvalue weighted by molar-refractivity contribution is 0.0633. The van der Waals surface area contributed by atoms with E-state index < -0.39 is 0 Å². The summed E-state index contributed by atoms with van der Waals surface area (Å²) in [6, 6.07) is 5.45. The van der Waals surface area contributed by atoms with Crippen molar-refractivity contribution in [3.63, 3.8) is 0 Å². The summed E-state index contributed by atoms with van der Waals surface area (Å²) in [5.74, 6) is 5.32. The van der Waals surface area contributed by atoms with Gasteiger partial charge in [-0.1, -0.05) is 0 Å². The van der Waals surface area contributed by atoms with Crippen LogP contribution in [0.25, 0.3) is 0 Å². The van der Waals surface area contributed by atoms with Crippen LogP contribution < -0.4 is 11.3 Å². The molecule has 1 atom stereocenters. The molecule has 1 aromatic rings. The lowest BCUT2D eigenvalue weighted by Gasteiger charge is -2.25. The second-order valence-electron chi connectivity index (χ2n) is 4.39. The Kier molecular flexibility index (Phi) is 5.12. The van der Waals surface area contributed by atoms with Gasteiger partial charge in [-0.3, -0.25) is 10.6 Å². The number of aryl methyl sites for hydroxylation is 1. The van der Waals surface area contributed by atoms with Crippen molar-refractivity contribution in [2.45, 2.75) is 19.9 Å². The smallest absolute Gasteiger partial charge is 0.254 e. The molecule has 0 saturated heterocycles. The molecule has 1 aromatic carbocycles. The van der Waals surface area contributed by atoms with E-state index in [1.807, 2.05) is 19.9 Å². The number of nitrogens with zero attached hydrogens (tertiary/aromatic N) is 1. The molecule has 0 aliphatic heterocycles. The minimum atomic E-state index is -0.0133. The molecule has 0 bridgehead atoms. The molecular formula is C13H21N3O2. The number of methoxy groups -OCH3 is 1. The number of hydrogen-bond acceptors (Lipinski definition) is 4. The Morgan fingerprint density at radius 2 is 2.22 bits per heavy atom. The van der Waals surface area contributed by atoms with Gasteiger partial charge in [0.2, 0.25) is 0 Å². The van der Waals surface area contributed by atoms with E-state index in [9.17, 15) is 4.79 Å². The number of carbonyl (C=O) groups excluding carboxylic acids is 1. The maximum atomic E-state index is 12.3. The molecule has 0 aliphatic carbocycles. The third-order valence-electron chi connectivity index (χ3n) is 3.01. The zero-order valence-electron chi connectivity index (χ0n) is 11.4. The predicted octanol–water partition coefficient (Wildman–Crippen LogP) is 1.39. The van der Waals surface area contributed by atoms with Crippen molar-refractivity contribution in [2.75, 3.05) is 26.2 Å². The van der Waals surface area contributed by atoms with Crippen LogP contribution in [0.2, 0.25) is 0 Å². The van der Waals surface area contributed by atoms with Crippen molar-refractivity contribution < 1.29 is 9.53 Å². The van der Waals surface area contributed by atoms with Gasteiger partial charge in [0.15, 0.2) is 0 Å². The van der Waals surface area contributed by atoms with E-state index in [-0.39, 0.29) is 11.9 Å². The highest BCUT2D eigenvalue weighted by molar-refractivity contribution is 5.96. The summed E-state index contributed by atoms with van der Waals surface area (Å²) < 4.78 is 5.06. The fourth-order valence-corrected chi connectivity index (χ4v) is 1.74. The summed E-state index contributed by atoms with van der Waals surface area (Å²) in [7, 11) is 3.41. The van der Waals surface area contributed by atoms with Gasteiger partial charge in [-0.05, 0) is 37.6 Å². The van der Waals surface area contributed by atoms with E-state index in [1.165, 1.54) is 0 Å². The minimum Gasteiger partial charge on any atom is -0.383 e. The second-order valence-corrected chi connectivity index (χ2v) is 4.39. The van der Waals surface area contributed by atoms with Crippen molar-refractivity contribution in [3.05, 3.63) is 29.3 Å². The van der Waals surface area contributed by atoms with Crippen LogP contribution in [0.1, 0.15) is 22.8 Å². The fraction of sp³-hybridized carbons (Fsp3) is 0.462. The molecule has 5 nitrogen and oxygen atoms in total. The number of likely N-dealkylation sites (N-methyl/N-ethyl adjacent to an activating group) is 1. The molecule has 0 aliphatic rings. The average Bonchev–Trinajstić information content (AvgIpc) is 2.37. The van der Waals surface area contributed by atoms with Crippen molar-refractivity contribution in [1.82, 2.24) is 4.90 Å². The van der Waals surface area contributed by atoms with Gasteiger partial charge in [0, 0.05) is 25.4 Å². The Labute approximate surface area is 108 Å². The molecule has 1 unspecified atom stereocenters. The first-order valence-corrected chi connectivity index (χ1v) is 5.84. The summed E-state index contributed by atoms with van der Waals surface area (Å²) in [5, 5.41) is 0. The topological polar surface area (TPSA) is 67.6 Å². The molecule has 0 heterocycles. The van der Waals surface area contributed by atoms with E-state index in [1.54, 1.807) is 31.2 Å². The lowest BCUT2D eigenvalue weighted by atomic mass is 10.1. The van der Waals surface area contributed by atoms with E-state index in [0.29, 0.717) is 12.2 Å². The van der Waals surface area contributed by atoms with Gasteiger partial charge in [0.05, 0.1) is 12.6 Å². The fourth-order valence-electron chi connectivity index (χ4n) is 1.74. The Morgan fingerprint density at radius 3 is 2.72 bits per heavy atom. The van der Waals surface area contributed by atoms with Crippen LogP contribution in [0.5, 0.6) is 0 Å². The van der Waals surface area contributed by atoms with E-state index in [0.717, 1.165) is 11.3 Å². The zero-order valence-corrected chi connectivity index (χ0v) is 11.4. The van der Waals surface area contributed by atoms with E-state index in [2.05, 4.69) is 5.43 Å². The van der Waals surface area contributed by atoms with Gasteiger partial charge in [0.25, 0.3) is 5.91 Å². The van der Waals surface area contributed by atoms with Crippen LogP contribution in [0.3, 0.4) is 0 Å². The largest absolute Gasteiger partial charge is 0.383 e. The van der Waals surface area contributed by atoms with Crippen molar-refractivity contribution in [1.29, 1.82) is 0 Å². The Hall–Kier alpha value is -1.59. The summed E-state index contributed by atoms with van der Waals surface area (Å²) in [6.45, 7) is 4.36. The molecule has 0 radical (unpaired) electrons. The van der Waals surface area contributed by atoms with Crippen LogP contribution in [0, 0.1) is 6.92 Å². The number of hydrogen-bond donors (Lipinski definition) is 2. The van der Waals surface area contributed by atoms with Crippen LogP contribution in [-0.4, -0.2) is 37.6 Å². The SMILES string of the molecule is COCC(C)N(C)C(=O)c1ccc(NN)cc1C. The molecule has 5 heteroatoms. The molecule has 1 amide bonds. The number of ether oxygens (including phenoxy) is 1. The molecular weight excluding hydrogens is 230 g/mol. The summed E-state index contributed by atoms with van der Waals surface area (Å²) in [4.78, 5) is 14.0. The summed E-state index contributed by atoms with van der Waals surface area (Å²) in [5.41, 5.74) is 4.93. The molecule has 18 heavy (non-hydrogen) atoms. The number of hydrazine groups is 1. The molecule has 0 fully saturated rings. The Morgan fingerprint density at radius 1 is 1.56 bits per heavy atom. The molecule has 0 saturated carbocycles. The number of nitrogens with two attached hydrogens (primary N) is 1. The molecule has 1 rings (SSSR count). The highest BCUT2D eigenvalue weighted by atomic mass is 16.5. The van der Waals surface area contributed by atoms with Crippen LogP contribution >= 0.6 is 0 Å². The third-order valence-corrected chi connectivity index (χ3v) is 3.01. The normalized spacial score (nSPS) is 12.1. The molecule has 100 valence electrons. The van der Waals surface area contributed by atoms with Gasteiger partial charge in [0.1, 0.15) is 0 Å². The number of nitrogens with one attached hydrogen (secondary N) is 1. The molecule has 3 N–H and O–H groups in total. The molecule has 0 spiro atoms. The Balaban J connectivity index is 2.90. The second kappa shape index (κ2) is 6.37. The quantitative estimate of drug-likeness (QED) is 0.613. The first kappa shape index (κ1) is 14.5. The van der Waals surface area contributed by atoms with Crippen molar-refractivity contribution in [3.8, 4) is 0 Å². The van der Waals surface area contributed by atoms with Crippen LogP contribution in [-0.2, 0) is 4.74 Å². The maximum absolute atomic E-state index is 12.3. The number of benzene rings is 1. The van der Waals surface area contributed by atoms with Gasteiger partial charge < -0.3 is 15.1 Å². The van der Waals surface area contributed by atoms with Gasteiger partial charge >= 0.3 is 0 Å². The monoisotopic (exact) mass is 251 g/mol. The number of amides is 1. The minimum absolute atomic E-state index is 0.0133. The van der Waals surface area contributed by atoms with Crippen LogP contribution in [0.15, 0.2) is 18.2 Å². The van der Waals surface area contributed by atoms with Gasteiger partial charge in [-0.2, -0.15) is 0 Å². The molecule has 0 aromatic heterocycles. The highest BCUT2D eigenvalue weighted by Gasteiger charge is 2.18. The summed E-state index contributed by atoms with van der Waals surface area (Å²) in [6.07, 6.45) is 0. The highest BCUT2D eigenvalue weighted by Crippen LogP contribution is 2.16. The standard InChI is InChI=1S/C13H21N3O2/c1-9-7-11(15-14)5-6-12(9)13(17)16(3)10(2)8-18-4/h5-7,10,15H,8,14H2,1-4H3. The van der Waals surface area contributed by atoms with Crippen molar-refractivity contribution in [2.24, 2.45) is 5.84 Å². The van der Waals surface area contributed by atoms with Gasteiger partial charge in [-0.25, -0.2) is 0 Å². The zero-order chi connectivity index (χ0) is 13.7. The van der Waals surface area contributed by atoms with Crippen LogP contribution in [0.4, 0.5) is 5.69 Å². The number of rotatable bonds is 5. The number of carbonyl (C=O) groups is 1. The average molecular weight is 251 g/mol. The number of anilines is 1. The lowest BCUT2D eigenvalue weighted by Crippen LogP contribution is -2.38. The first-order valence-electron chi connectivity index (χ1n) is 5.84. The van der Waals surface area contributed by atoms with Gasteiger partial charge in [-0.15, -0.1) is 0 Å².